The van der Waals surface area contributed by atoms with Crippen LogP contribution in [0.3, 0.4) is 0 Å². The zero-order valence-corrected chi connectivity index (χ0v) is 21.7. The largest absolute Gasteiger partial charge is 0.493 e. The van der Waals surface area contributed by atoms with E-state index >= 15 is 0 Å². The molecule has 1 fully saturated rings. The number of ether oxygens (including phenoxy) is 2. The SMILES string of the molecule is Cc1ccnc(Cn2c(-c3ccc(OCC(C)(C)CO)cc3Cl)nc3c(OC4(C)CC4)ncnc32)c1. The van der Waals surface area contributed by atoms with Gasteiger partial charge in [-0.05, 0) is 62.6 Å². The molecule has 0 saturated heterocycles. The van der Waals surface area contributed by atoms with Gasteiger partial charge in [-0.2, -0.15) is 4.98 Å². The second kappa shape index (κ2) is 9.33. The maximum atomic E-state index is 9.51. The molecule has 3 heterocycles. The molecular weight excluding hydrogens is 478 g/mol. The Morgan fingerprint density at radius 3 is 2.64 bits per heavy atom. The van der Waals surface area contributed by atoms with Crippen molar-refractivity contribution in [2.75, 3.05) is 13.2 Å². The Morgan fingerprint density at radius 2 is 1.94 bits per heavy atom. The first-order valence-corrected chi connectivity index (χ1v) is 12.4. The molecule has 4 aromatic rings. The van der Waals surface area contributed by atoms with Crippen LogP contribution in [0.4, 0.5) is 0 Å². The minimum atomic E-state index is -0.354. The van der Waals surface area contributed by atoms with Crippen molar-refractivity contribution in [3.8, 4) is 23.0 Å². The molecule has 0 aliphatic heterocycles. The average molecular weight is 508 g/mol. The summed E-state index contributed by atoms with van der Waals surface area (Å²) < 4.78 is 14.1. The van der Waals surface area contributed by atoms with Crippen molar-refractivity contribution < 1.29 is 14.6 Å². The van der Waals surface area contributed by atoms with E-state index in [0.717, 1.165) is 29.7 Å². The molecule has 8 nitrogen and oxygen atoms in total. The summed E-state index contributed by atoms with van der Waals surface area (Å²) in [5, 5.41) is 10.0. The fourth-order valence-electron chi connectivity index (χ4n) is 3.80. The standard InChI is InChI=1S/C27H30ClN5O3/c1-17-7-10-29-18(11-17)13-33-23(20-6-5-19(12-21(20)28)35-15-26(2,3)14-34)32-22-24(33)30-16-31-25(22)36-27(4)8-9-27/h5-7,10-12,16,34H,8-9,13-15H2,1-4H3. The summed E-state index contributed by atoms with van der Waals surface area (Å²) in [5.41, 5.74) is 3.43. The van der Waals surface area contributed by atoms with E-state index in [-0.39, 0.29) is 17.6 Å². The lowest BCUT2D eigenvalue weighted by atomic mass is 9.96. The number of hydrogen-bond donors (Lipinski definition) is 1. The summed E-state index contributed by atoms with van der Waals surface area (Å²) in [4.78, 5) is 18.4. The Morgan fingerprint density at radius 1 is 1.14 bits per heavy atom. The number of aryl methyl sites for hydroxylation is 1. The smallest absolute Gasteiger partial charge is 0.245 e. The molecule has 1 aliphatic rings. The lowest BCUT2D eigenvalue weighted by molar-refractivity contribution is 0.0976. The van der Waals surface area contributed by atoms with Crippen LogP contribution in [0.1, 0.15) is 44.9 Å². The van der Waals surface area contributed by atoms with Crippen molar-refractivity contribution in [2.24, 2.45) is 5.41 Å². The number of fused-ring (bicyclic) bond motifs is 1. The van der Waals surface area contributed by atoms with Crippen LogP contribution in [0.5, 0.6) is 11.6 Å². The molecule has 5 rings (SSSR count). The Balaban J connectivity index is 1.57. The van der Waals surface area contributed by atoms with E-state index in [4.69, 9.17) is 26.1 Å². The Hall–Kier alpha value is -3.23. The molecular formula is C27H30ClN5O3. The minimum absolute atomic E-state index is 0.0281. The zero-order valence-electron chi connectivity index (χ0n) is 21.0. The van der Waals surface area contributed by atoms with E-state index in [0.29, 0.717) is 46.8 Å². The van der Waals surface area contributed by atoms with E-state index in [1.807, 2.05) is 49.6 Å². The lowest BCUT2D eigenvalue weighted by Crippen LogP contribution is -2.25. The fraction of sp³-hybridized carbons (Fsp3) is 0.407. The molecule has 0 radical (unpaired) electrons. The van der Waals surface area contributed by atoms with Gasteiger partial charge in [0.05, 0.1) is 30.5 Å². The lowest BCUT2D eigenvalue weighted by Gasteiger charge is -2.22. The number of nitrogens with zero attached hydrogens (tertiary/aromatic N) is 5. The van der Waals surface area contributed by atoms with E-state index in [2.05, 4.69) is 21.9 Å². The highest BCUT2D eigenvalue weighted by Crippen LogP contribution is 2.41. The molecule has 1 saturated carbocycles. The van der Waals surface area contributed by atoms with Crippen molar-refractivity contribution in [3.63, 3.8) is 0 Å². The second-order valence-corrected chi connectivity index (χ2v) is 10.9. The number of imidazole rings is 1. The molecule has 9 heteroatoms. The number of benzene rings is 1. The molecule has 1 N–H and O–H groups in total. The van der Waals surface area contributed by atoms with Gasteiger partial charge in [0.15, 0.2) is 11.2 Å². The van der Waals surface area contributed by atoms with Crippen LogP contribution >= 0.6 is 11.6 Å². The van der Waals surface area contributed by atoms with Crippen molar-refractivity contribution in [1.29, 1.82) is 0 Å². The molecule has 36 heavy (non-hydrogen) atoms. The van der Waals surface area contributed by atoms with E-state index < -0.39 is 0 Å². The molecule has 0 spiro atoms. The predicted octanol–water partition coefficient (Wildman–Crippen LogP) is 5.23. The molecule has 0 atom stereocenters. The van der Waals surface area contributed by atoms with Crippen LogP contribution < -0.4 is 9.47 Å². The zero-order chi connectivity index (χ0) is 25.5. The number of aromatic nitrogens is 5. The average Bonchev–Trinajstić information content (AvgIpc) is 3.46. The van der Waals surface area contributed by atoms with Crippen molar-refractivity contribution in [3.05, 3.63) is 59.1 Å². The van der Waals surface area contributed by atoms with Gasteiger partial charge in [-0.15, -0.1) is 0 Å². The van der Waals surface area contributed by atoms with Crippen LogP contribution in [0.2, 0.25) is 5.02 Å². The molecule has 188 valence electrons. The van der Waals surface area contributed by atoms with E-state index in [9.17, 15) is 5.11 Å². The normalized spacial score (nSPS) is 14.7. The first-order chi connectivity index (χ1) is 17.2. The fourth-order valence-corrected chi connectivity index (χ4v) is 4.05. The van der Waals surface area contributed by atoms with Crippen molar-refractivity contribution in [2.45, 2.75) is 52.7 Å². The highest BCUT2D eigenvalue weighted by atomic mass is 35.5. The summed E-state index contributed by atoms with van der Waals surface area (Å²) in [6, 6.07) is 9.53. The summed E-state index contributed by atoms with van der Waals surface area (Å²) in [6.07, 6.45) is 5.28. The second-order valence-electron chi connectivity index (χ2n) is 10.5. The van der Waals surface area contributed by atoms with E-state index in [1.54, 1.807) is 12.3 Å². The van der Waals surface area contributed by atoms with Crippen LogP contribution in [0.15, 0.2) is 42.9 Å². The van der Waals surface area contributed by atoms with Crippen LogP contribution in [-0.2, 0) is 6.54 Å². The molecule has 0 unspecified atom stereocenters. The number of pyridine rings is 1. The van der Waals surface area contributed by atoms with Gasteiger partial charge in [-0.3, -0.25) is 4.98 Å². The number of halogens is 1. The Bertz CT molecular complexity index is 1410. The molecule has 1 aliphatic carbocycles. The first kappa shape index (κ1) is 24.5. The summed E-state index contributed by atoms with van der Waals surface area (Å²) in [5.74, 6) is 1.74. The van der Waals surface area contributed by atoms with Crippen LogP contribution in [0.25, 0.3) is 22.6 Å². The summed E-state index contributed by atoms with van der Waals surface area (Å²) in [7, 11) is 0. The quantitative estimate of drug-likeness (QED) is 0.331. The minimum Gasteiger partial charge on any atom is -0.493 e. The topological polar surface area (TPSA) is 95.2 Å². The number of hydrogen-bond acceptors (Lipinski definition) is 7. The van der Waals surface area contributed by atoms with Gasteiger partial charge < -0.3 is 19.1 Å². The molecule has 3 aromatic heterocycles. The molecule has 0 bridgehead atoms. The van der Waals surface area contributed by atoms with Crippen molar-refractivity contribution in [1.82, 2.24) is 24.5 Å². The van der Waals surface area contributed by atoms with Crippen molar-refractivity contribution >= 4 is 22.8 Å². The maximum absolute atomic E-state index is 9.51. The highest BCUT2D eigenvalue weighted by Gasteiger charge is 2.41. The van der Waals surface area contributed by atoms with Gasteiger partial charge >= 0.3 is 0 Å². The van der Waals surface area contributed by atoms with Gasteiger partial charge in [-0.1, -0.05) is 25.4 Å². The molecule has 0 amide bonds. The number of aliphatic hydroxyl groups excluding tert-OH is 1. The number of rotatable bonds is 9. The summed E-state index contributed by atoms with van der Waals surface area (Å²) in [6.45, 7) is 8.84. The van der Waals surface area contributed by atoms with Gasteiger partial charge in [0, 0.05) is 17.2 Å². The van der Waals surface area contributed by atoms with Gasteiger partial charge in [0.1, 0.15) is 23.5 Å². The van der Waals surface area contributed by atoms with Gasteiger partial charge in [0.2, 0.25) is 5.88 Å². The monoisotopic (exact) mass is 507 g/mol. The van der Waals surface area contributed by atoms with Gasteiger partial charge in [0.25, 0.3) is 0 Å². The third kappa shape index (κ3) is 5.15. The summed E-state index contributed by atoms with van der Waals surface area (Å²) >= 11 is 6.77. The van der Waals surface area contributed by atoms with Crippen LogP contribution in [-0.4, -0.2) is 48.4 Å². The first-order valence-electron chi connectivity index (χ1n) is 12.0. The highest BCUT2D eigenvalue weighted by molar-refractivity contribution is 6.33. The Labute approximate surface area is 215 Å². The maximum Gasteiger partial charge on any atom is 0.245 e. The Kier molecular flexibility index (Phi) is 6.34. The van der Waals surface area contributed by atoms with Gasteiger partial charge in [-0.25, -0.2) is 9.97 Å². The molecule has 1 aromatic carbocycles. The van der Waals surface area contributed by atoms with E-state index in [1.165, 1.54) is 6.33 Å². The predicted molar refractivity (Wildman–Crippen MR) is 138 cm³/mol. The third-order valence-electron chi connectivity index (χ3n) is 6.33. The third-order valence-corrected chi connectivity index (χ3v) is 6.64. The van der Waals surface area contributed by atoms with Crippen LogP contribution in [0, 0.1) is 12.3 Å². The number of aliphatic hydroxyl groups is 1.